The minimum absolute atomic E-state index is 0. The Morgan fingerprint density at radius 1 is 0.720 bits per heavy atom. The highest BCUT2D eigenvalue weighted by atomic mass is 35.5. The average Bonchev–Trinajstić information content (AvgIpc) is 2.90. The second-order valence-corrected chi connectivity index (χ2v) is 7.96. The van der Waals surface area contributed by atoms with Crippen LogP contribution in [0.5, 0.6) is 0 Å². The molecule has 1 rings (SSSR count). The highest BCUT2D eigenvalue weighted by molar-refractivity contribution is 5.78. The second kappa shape index (κ2) is 17.2. The number of halogens is 1. The topological polar surface area (TPSA) is 6.25 Å². The second-order valence-electron chi connectivity index (χ2n) is 7.96. The van der Waals surface area contributed by atoms with Gasteiger partial charge in [-0.25, -0.2) is 0 Å². The predicted octanol–water partition coefficient (Wildman–Crippen LogP) is 3.24. The molecule has 0 radical (unpaired) electrons. The molecule has 1 heterocycles. The minimum Gasteiger partial charge on any atom is -1.00 e. The normalized spacial score (nSPS) is 14.3. The van der Waals surface area contributed by atoms with Crippen molar-refractivity contribution in [3.63, 3.8) is 0 Å². The molecule has 0 unspecified atom stereocenters. The standard InChI is InChI=1S/C22H45N2.ClH/c1-4-5-6-7-8-9-10-11-12-13-14-15-16-17-18-19-22-23(2)20-21-24(22)3;/h4-21H2,1-3H3;1H/q+1;/p-1. The van der Waals surface area contributed by atoms with Gasteiger partial charge in [0.05, 0.1) is 14.1 Å². The fraction of sp³-hybridized carbons (Fsp3) is 0.955. The summed E-state index contributed by atoms with van der Waals surface area (Å²) in [5.41, 5.74) is 0. The van der Waals surface area contributed by atoms with Gasteiger partial charge in [-0.2, -0.15) is 0 Å². The van der Waals surface area contributed by atoms with Crippen molar-refractivity contribution in [1.82, 2.24) is 4.90 Å². The largest absolute Gasteiger partial charge is 1.00 e. The average molecular weight is 373 g/mol. The highest BCUT2D eigenvalue weighted by Crippen LogP contribution is 2.14. The van der Waals surface area contributed by atoms with E-state index >= 15 is 0 Å². The van der Waals surface area contributed by atoms with Crippen LogP contribution in [0, 0.1) is 0 Å². The number of nitrogens with zero attached hydrogens (tertiary/aromatic N) is 2. The van der Waals surface area contributed by atoms with E-state index in [4.69, 9.17) is 0 Å². The molecule has 0 aromatic rings. The lowest BCUT2D eigenvalue weighted by Crippen LogP contribution is -3.00. The summed E-state index contributed by atoms with van der Waals surface area (Å²) in [6.45, 7) is 4.72. The molecule has 0 saturated heterocycles. The van der Waals surface area contributed by atoms with Crippen LogP contribution in [0.4, 0.5) is 0 Å². The van der Waals surface area contributed by atoms with E-state index in [-0.39, 0.29) is 12.4 Å². The Morgan fingerprint density at radius 2 is 1.12 bits per heavy atom. The van der Waals surface area contributed by atoms with E-state index in [1.54, 1.807) is 5.84 Å². The van der Waals surface area contributed by atoms with Gasteiger partial charge >= 0.3 is 0 Å². The first-order valence-electron chi connectivity index (χ1n) is 11.0. The fourth-order valence-corrected chi connectivity index (χ4v) is 3.89. The van der Waals surface area contributed by atoms with Gasteiger partial charge < -0.3 is 12.4 Å². The summed E-state index contributed by atoms with van der Waals surface area (Å²) in [6.07, 6.45) is 23.0. The SMILES string of the molecule is CCCCCCCCCCCCCCCCCC1=[N+](C)CCN1C.[Cl-]. The molecule has 0 aromatic heterocycles. The molecule has 3 heteroatoms. The van der Waals surface area contributed by atoms with E-state index < -0.39 is 0 Å². The molecule has 1 aliphatic heterocycles. The van der Waals surface area contributed by atoms with Crippen LogP contribution in [-0.2, 0) is 0 Å². The molecule has 0 bridgehead atoms. The third kappa shape index (κ3) is 12.7. The number of amidine groups is 1. The Bertz CT molecular complexity index is 328. The first-order valence-corrected chi connectivity index (χ1v) is 11.0. The van der Waals surface area contributed by atoms with Gasteiger partial charge in [-0.15, -0.1) is 0 Å². The van der Waals surface area contributed by atoms with Crippen molar-refractivity contribution in [2.75, 3.05) is 27.2 Å². The van der Waals surface area contributed by atoms with E-state index in [0.29, 0.717) is 0 Å². The van der Waals surface area contributed by atoms with Crippen molar-refractivity contribution < 1.29 is 17.0 Å². The van der Waals surface area contributed by atoms with Gasteiger partial charge in [0.2, 0.25) is 5.84 Å². The molecule has 0 N–H and O–H groups in total. The van der Waals surface area contributed by atoms with E-state index in [2.05, 4.69) is 30.5 Å². The van der Waals surface area contributed by atoms with E-state index in [9.17, 15) is 0 Å². The number of hydrogen-bond donors (Lipinski definition) is 0. The van der Waals surface area contributed by atoms with Crippen molar-refractivity contribution in [2.45, 2.75) is 110 Å². The molecule has 0 amide bonds. The first kappa shape index (κ1) is 24.8. The van der Waals surface area contributed by atoms with Gasteiger partial charge in [0.15, 0.2) is 0 Å². The lowest BCUT2D eigenvalue weighted by atomic mass is 10.0. The molecule has 2 nitrogen and oxygen atoms in total. The zero-order chi connectivity index (χ0) is 17.5. The number of hydrogen-bond acceptors (Lipinski definition) is 1. The van der Waals surface area contributed by atoms with Crippen LogP contribution in [0.25, 0.3) is 0 Å². The monoisotopic (exact) mass is 372 g/mol. The van der Waals surface area contributed by atoms with Gasteiger partial charge in [-0.1, -0.05) is 96.8 Å². The zero-order valence-electron chi connectivity index (χ0n) is 17.5. The van der Waals surface area contributed by atoms with Crippen LogP contribution in [0.15, 0.2) is 0 Å². The molecular weight excluding hydrogens is 328 g/mol. The Labute approximate surface area is 164 Å². The maximum atomic E-state index is 2.43. The minimum atomic E-state index is 0. The third-order valence-corrected chi connectivity index (χ3v) is 5.66. The van der Waals surface area contributed by atoms with Crippen molar-refractivity contribution in [3.05, 3.63) is 0 Å². The van der Waals surface area contributed by atoms with Crippen LogP contribution >= 0.6 is 0 Å². The Balaban J connectivity index is 0.00000576. The first-order chi connectivity index (χ1) is 11.8. The predicted molar refractivity (Wildman–Crippen MR) is 108 cm³/mol. The van der Waals surface area contributed by atoms with Crippen LogP contribution in [-0.4, -0.2) is 42.5 Å². The molecule has 1 aliphatic rings. The summed E-state index contributed by atoms with van der Waals surface area (Å²) in [5.74, 6) is 1.56. The van der Waals surface area contributed by atoms with Crippen molar-refractivity contribution in [3.8, 4) is 0 Å². The molecule has 0 fully saturated rings. The van der Waals surface area contributed by atoms with Crippen LogP contribution in [0.3, 0.4) is 0 Å². The molecule has 0 atom stereocenters. The summed E-state index contributed by atoms with van der Waals surface area (Å²) < 4.78 is 2.43. The van der Waals surface area contributed by atoms with Gasteiger partial charge in [-0.05, 0) is 6.42 Å². The zero-order valence-corrected chi connectivity index (χ0v) is 18.3. The molecule has 25 heavy (non-hydrogen) atoms. The van der Waals surface area contributed by atoms with E-state index in [1.807, 2.05) is 0 Å². The maximum absolute atomic E-state index is 2.43. The Kier molecular flexibility index (Phi) is 17.0. The summed E-state index contributed by atoms with van der Waals surface area (Å²) in [5, 5.41) is 0. The molecule has 0 aromatic carbocycles. The lowest BCUT2D eigenvalue weighted by molar-refractivity contribution is -0.487. The number of rotatable bonds is 16. The van der Waals surface area contributed by atoms with E-state index in [1.165, 1.54) is 116 Å². The van der Waals surface area contributed by atoms with Gasteiger partial charge in [0.1, 0.15) is 13.1 Å². The van der Waals surface area contributed by atoms with Crippen molar-refractivity contribution in [2.24, 2.45) is 0 Å². The quantitative estimate of drug-likeness (QED) is 0.298. The fourth-order valence-electron chi connectivity index (χ4n) is 3.89. The molecule has 150 valence electrons. The Hall–Kier alpha value is -0.240. The summed E-state index contributed by atoms with van der Waals surface area (Å²) >= 11 is 0. The van der Waals surface area contributed by atoms with Crippen LogP contribution in [0.2, 0.25) is 0 Å². The lowest BCUT2D eigenvalue weighted by Gasteiger charge is -2.07. The molecule has 0 aliphatic carbocycles. The third-order valence-electron chi connectivity index (χ3n) is 5.66. The molecular formula is C22H45ClN2. The molecule has 0 spiro atoms. The van der Waals surface area contributed by atoms with Crippen molar-refractivity contribution in [1.29, 1.82) is 0 Å². The Morgan fingerprint density at radius 3 is 1.48 bits per heavy atom. The van der Waals surface area contributed by atoms with Gasteiger partial charge in [-0.3, -0.25) is 9.48 Å². The highest BCUT2D eigenvalue weighted by Gasteiger charge is 2.23. The number of likely N-dealkylation sites (N-methyl/N-ethyl adjacent to an activating group) is 2. The smallest absolute Gasteiger partial charge is 0.246 e. The number of unbranched alkanes of at least 4 members (excludes halogenated alkanes) is 14. The van der Waals surface area contributed by atoms with E-state index in [0.717, 1.165) is 0 Å². The van der Waals surface area contributed by atoms with Crippen LogP contribution in [0.1, 0.15) is 110 Å². The van der Waals surface area contributed by atoms with Crippen molar-refractivity contribution >= 4 is 5.84 Å². The van der Waals surface area contributed by atoms with Gasteiger partial charge in [0, 0.05) is 6.42 Å². The van der Waals surface area contributed by atoms with Gasteiger partial charge in [0.25, 0.3) is 0 Å². The maximum Gasteiger partial charge on any atom is 0.246 e. The molecule has 0 saturated carbocycles. The van der Waals surface area contributed by atoms with Crippen LogP contribution < -0.4 is 12.4 Å². The summed E-state index contributed by atoms with van der Waals surface area (Å²) in [7, 11) is 4.48. The summed E-state index contributed by atoms with van der Waals surface area (Å²) in [4.78, 5) is 2.43. The summed E-state index contributed by atoms with van der Waals surface area (Å²) in [6, 6.07) is 0.